The molecule has 2 atom stereocenters. The number of carbonyl (C=O) groups is 1. The summed E-state index contributed by atoms with van der Waals surface area (Å²) >= 11 is 0. The van der Waals surface area contributed by atoms with Gasteiger partial charge in [0.05, 0.1) is 11.4 Å². The number of hydrogen-bond acceptors (Lipinski definition) is 6. The average molecular weight is 371 g/mol. The highest BCUT2D eigenvalue weighted by atomic mass is 16.6. The molecule has 1 aromatic carbocycles. The summed E-state index contributed by atoms with van der Waals surface area (Å²) in [6.07, 6.45) is 1.91. The molecule has 1 saturated heterocycles. The summed E-state index contributed by atoms with van der Waals surface area (Å²) in [7, 11) is 0. The highest BCUT2D eigenvalue weighted by Gasteiger charge is 2.32. The summed E-state index contributed by atoms with van der Waals surface area (Å²) in [4.78, 5) is 14.9. The number of nitrogens with zero attached hydrogens (tertiary/aromatic N) is 4. The maximum absolute atomic E-state index is 13.1. The predicted molar refractivity (Wildman–Crippen MR) is 99.4 cm³/mol. The lowest BCUT2D eigenvalue weighted by Gasteiger charge is -2.37. The van der Waals surface area contributed by atoms with Gasteiger partial charge in [0, 0.05) is 25.2 Å². The third-order valence-electron chi connectivity index (χ3n) is 5.38. The molecule has 1 fully saturated rings. The fourth-order valence-electron chi connectivity index (χ4n) is 3.81. The highest BCUT2D eigenvalue weighted by molar-refractivity contribution is 5.93. The van der Waals surface area contributed by atoms with Crippen LogP contribution in [0, 0.1) is 12.8 Å². The van der Waals surface area contributed by atoms with Crippen LogP contribution < -0.4 is 15.2 Å². The monoisotopic (exact) mass is 371 g/mol. The van der Waals surface area contributed by atoms with Crippen LogP contribution in [0.2, 0.25) is 0 Å². The average Bonchev–Trinajstić information content (AvgIpc) is 3.08. The van der Waals surface area contributed by atoms with Crippen LogP contribution in [0.15, 0.2) is 18.2 Å². The van der Waals surface area contributed by atoms with Gasteiger partial charge in [-0.05, 0) is 37.8 Å². The van der Waals surface area contributed by atoms with Crippen molar-refractivity contribution in [3.8, 4) is 17.2 Å². The van der Waals surface area contributed by atoms with Gasteiger partial charge < -0.3 is 20.1 Å². The SMILES string of the molecule is Cc1c(C(=O)N2CCC(C)CC2CN)nnn1-c1ccc2c(c1)OCCO2. The van der Waals surface area contributed by atoms with Gasteiger partial charge in [-0.1, -0.05) is 12.1 Å². The van der Waals surface area contributed by atoms with E-state index < -0.39 is 0 Å². The van der Waals surface area contributed by atoms with Gasteiger partial charge in [-0.2, -0.15) is 0 Å². The summed E-state index contributed by atoms with van der Waals surface area (Å²) in [6.45, 7) is 6.29. The second kappa shape index (κ2) is 7.19. The Bertz CT molecular complexity index is 850. The zero-order valence-corrected chi connectivity index (χ0v) is 15.7. The molecule has 27 heavy (non-hydrogen) atoms. The van der Waals surface area contributed by atoms with Crippen molar-refractivity contribution >= 4 is 5.91 Å². The molecule has 0 bridgehead atoms. The summed E-state index contributed by atoms with van der Waals surface area (Å²) in [6, 6.07) is 5.65. The van der Waals surface area contributed by atoms with Crippen LogP contribution in [-0.4, -0.2) is 58.1 Å². The van der Waals surface area contributed by atoms with Crippen LogP contribution in [0.4, 0.5) is 0 Å². The van der Waals surface area contributed by atoms with Crippen LogP contribution in [-0.2, 0) is 0 Å². The van der Waals surface area contributed by atoms with Crippen LogP contribution in [0.5, 0.6) is 11.5 Å². The van der Waals surface area contributed by atoms with Crippen molar-refractivity contribution < 1.29 is 14.3 Å². The Balaban J connectivity index is 1.61. The van der Waals surface area contributed by atoms with Gasteiger partial charge in [-0.15, -0.1) is 5.10 Å². The van der Waals surface area contributed by atoms with Gasteiger partial charge in [0.25, 0.3) is 5.91 Å². The third kappa shape index (κ3) is 3.25. The summed E-state index contributed by atoms with van der Waals surface area (Å²) < 4.78 is 12.9. The van der Waals surface area contributed by atoms with E-state index in [0.29, 0.717) is 55.1 Å². The molecule has 0 spiro atoms. The van der Waals surface area contributed by atoms with Crippen LogP contribution >= 0.6 is 0 Å². The largest absolute Gasteiger partial charge is 0.486 e. The minimum Gasteiger partial charge on any atom is -0.486 e. The fourth-order valence-corrected chi connectivity index (χ4v) is 3.81. The van der Waals surface area contributed by atoms with E-state index in [0.717, 1.165) is 18.5 Å². The molecule has 1 amide bonds. The molecule has 8 nitrogen and oxygen atoms in total. The molecule has 4 rings (SSSR count). The molecule has 2 unspecified atom stereocenters. The van der Waals surface area contributed by atoms with E-state index >= 15 is 0 Å². The number of hydrogen-bond donors (Lipinski definition) is 1. The second-order valence-corrected chi connectivity index (χ2v) is 7.28. The molecule has 144 valence electrons. The summed E-state index contributed by atoms with van der Waals surface area (Å²) in [5, 5.41) is 8.38. The Kier molecular flexibility index (Phi) is 4.73. The molecule has 2 aliphatic rings. The third-order valence-corrected chi connectivity index (χ3v) is 5.38. The van der Waals surface area contributed by atoms with Crippen molar-refractivity contribution in [2.24, 2.45) is 11.7 Å². The van der Waals surface area contributed by atoms with E-state index in [1.54, 1.807) is 4.68 Å². The zero-order valence-electron chi connectivity index (χ0n) is 15.7. The van der Waals surface area contributed by atoms with Crippen molar-refractivity contribution in [2.45, 2.75) is 32.7 Å². The second-order valence-electron chi connectivity index (χ2n) is 7.28. The lowest BCUT2D eigenvalue weighted by Crippen LogP contribution is -2.49. The first-order valence-electron chi connectivity index (χ1n) is 9.42. The van der Waals surface area contributed by atoms with E-state index in [4.69, 9.17) is 15.2 Å². The molecule has 2 aliphatic heterocycles. The molecular weight excluding hydrogens is 346 g/mol. The van der Waals surface area contributed by atoms with Crippen molar-refractivity contribution in [3.05, 3.63) is 29.6 Å². The molecule has 1 aromatic heterocycles. The molecule has 2 aromatic rings. The fraction of sp³-hybridized carbons (Fsp3) is 0.526. The van der Waals surface area contributed by atoms with E-state index in [2.05, 4.69) is 17.2 Å². The summed E-state index contributed by atoms with van der Waals surface area (Å²) in [5.74, 6) is 1.87. The van der Waals surface area contributed by atoms with Gasteiger partial charge in [-0.3, -0.25) is 4.79 Å². The number of rotatable bonds is 3. The van der Waals surface area contributed by atoms with E-state index in [-0.39, 0.29) is 11.9 Å². The van der Waals surface area contributed by atoms with Crippen LogP contribution in [0.1, 0.15) is 35.9 Å². The molecule has 2 N–H and O–H groups in total. The molecule has 0 saturated carbocycles. The van der Waals surface area contributed by atoms with Crippen LogP contribution in [0.25, 0.3) is 5.69 Å². The van der Waals surface area contributed by atoms with Crippen molar-refractivity contribution in [1.82, 2.24) is 19.9 Å². The zero-order chi connectivity index (χ0) is 19.0. The normalized spacial score (nSPS) is 22.0. The van der Waals surface area contributed by atoms with Gasteiger partial charge in [0.2, 0.25) is 0 Å². The molecule has 8 heteroatoms. The minimum absolute atomic E-state index is 0.0556. The molecular formula is C19H25N5O3. The van der Waals surface area contributed by atoms with E-state index in [1.165, 1.54) is 0 Å². The Morgan fingerprint density at radius 3 is 2.85 bits per heavy atom. The molecule has 0 aliphatic carbocycles. The standard InChI is InChI=1S/C19H25N5O3/c1-12-5-6-23(15(9-12)11-20)19(25)18-13(2)24(22-21-18)14-3-4-16-17(10-14)27-8-7-26-16/h3-4,10,12,15H,5-9,11,20H2,1-2H3. The number of piperidine rings is 1. The Labute approximate surface area is 158 Å². The maximum Gasteiger partial charge on any atom is 0.276 e. The highest BCUT2D eigenvalue weighted by Crippen LogP contribution is 2.32. The number of ether oxygens (including phenoxy) is 2. The van der Waals surface area contributed by atoms with Gasteiger partial charge in [0.1, 0.15) is 13.2 Å². The minimum atomic E-state index is -0.0985. The number of benzene rings is 1. The lowest BCUT2D eigenvalue weighted by atomic mass is 9.92. The Morgan fingerprint density at radius 2 is 2.07 bits per heavy atom. The Morgan fingerprint density at radius 1 is 1.30 bits per heavy atom. The van der Waals surface area contributed by atoms with E-state index in [9.17, 15) is 4.79 Å². The summed E-state index contributed by atoms with van der Waals surface area (Å²) in [5.41, 5.74) is 7.77. The maximum atomic E-state index is 13.1. The van der Waals surface area contributed by atoms with Crippen LogP contribution in [0.3, 0.4) is 0 Å². The first-order valence-corrected chi connectivity index (χ1v) is 9.42. The van der Waals surface area contributed by atoms with Crippen molar-refractivity contribution in [2.75, 3.05) is 26.3 Å². The first-order chi connectivity index (χ1) is 13.1. The molecule has 0 radical (unpaired) electrons. The van der Waals surface area contributed by atoms with E-state index in [1.807, 2.05) is 30.0 Å². The first kappa shape index (κ1) is 17.8. The predicted octanol–water partition coefficient (Wildman–Crippen LogP) is 1.55. The van der Waals surface area contributed by atoms with Gasteiger partial charge in [0.15, 0.2) is 17.2 Å². The lowest BCUT2D eigenvalue weighted by molar-refractivity contribution is 0.0566. The number of carbonyl (C=O) groups excluding carboxylic acids is 1. The van der Waals surface area contributed by atoms with Gasteiger partial charge >= 0.3 is 0 Å². The number of aromatic nitrogens is 3. The number of nitrogens with two attached hydrogens (primary N) is 1. The Hall–Kier alpha value is -2.61. The molecule has 3 heterocycles. The topological polar surface area (TPSA) is 95.5 Å². The number of amides is 1. The van der Waals surface area contributed by atoms with Gasteiger partial charge in [-0.25, -0.2) is 4.68 Å². The van der Waals surface area contributed by atoms with Crippen molar-refractivity contribution in [3.63, 3.8) is 0 Å². The number of likely N-dealkylation sites (tertiary alicyclic amines) is 1. The van der Waals surface area contributed by atoms with Crippen molar-refractivity contribution in [1.29, 1.82) is 0 Å². The quantitative estimate of drug-likeness (QED) is 0.879. The number of fused-ring (bicyclic) bond motifs is 1. The smallest absolute Gasteiger partial charge is 0.276 e.